The number of anilines is 1. The minimum atomic E-state index is -0.171. The molecule has 1 amide bonds. The molecule has 0 heterocycles. The van der Waals surface area contributed by atoms with Crippen LogP contribution in [0.1, 0.15) is 52.5 Å². The van der Waals surface area contributed by atoms with Gasteiger partial charge >= 0.3 is 0 Å². The summed E-state index contributed by atoms with van der Waals surface area (Å²) in [5.41, 5.74) is 8.91. The van der Waals surface area contributed by atoms with Crippen molar-refractivity contribution in [1.82, 2.24) is 0 Å². The topological polar surface area (TPSA) is 55.1 Å². The number of nitrogens with one attached hydrogen (secondary N) is 1. The van der Waals surface area contributed by atoms with Crippen LogP contribution in [-0.2, 0) is 10.2 Å². The summed E-state index contributed by atoms with van der Waals surface area (Å²) in [6.45, 7) is 8.53. The van der Waals surface area contributed by atoms with Crippen LogP contribution in [0.2, 0.25) is 0 Å². The first-order valence-corrected chi connectivity index (χ1v) is 7.57. The molecule has 21 heavy (non-hydrogen) atoms. The number of carbonyl (C=O) groups is 1. The second-order valence-electron chi connectivity index (χ2n) is 7.37. The van der Waals surface area contributed by atoms with Crippen LogP contribution in [0.5, 0.6) is 0 Å². The van der Waals surface area contributed by atoms with E-state index in [2.05, 4.69) is 32.2 Å². The van der Waals surface area contributed by atoms with Crippen molar-refractivity contribution in [2.75, 3.05) is 5.32 Å². The van der Waals surface area contributed by atoms with Crippen LogP contribution < -0.4 is 11.1 Å². The third kappa shape index (κ3) is 4.18. The van der Waals surface area contributed by atoms with Gasteiger partial charge in [0.1, 0.15) is 0 Å². The van der Waals surface area contributed by atoms with Crippen molar-refractivity contribution in [3.63, 3.8) is 0 Å². The summed E-state index contributed by atoms with van der Waals surface area (Å²) in [5, 5.41) is 3.00. The predicted molar refractivity (Wildman–Crippen MR) is 88.3 cm³/mol. The van der Waals surface area contributed by atoms with Gasteiger partial charge in [-0.1, -0.05) is 39.0 Å². The van der Waals surface area contributed by atoms with Gasteiger partial charge in [-0.25, -0.2) is 0 Å². The number of hydrogen-bond acceptors (Lipinski definition) is 2. The van der Waals surface area contributed by atoms with Crippen LogP contribution >= 0.6 is 0 Å². The van der Waals surface area contributed by atoms with Crippen LogP contribution in [0.3, 0.4) is 0 Å². The Labute approximate surface area is 127 Å². The second kappa shape index (κ2) is 5.64. The van der Waals surface area contributed by atoms with Gasteiger partial charge in [0, 0.05) is 16.8 Å². The zero-order valence-electron chi connectivity index (χ0n) is 13.5. The largest absolute Gasteiger partial charge is 0.325 e. The van der Waals surface area contributed by atoms with Crippen molar-refractivity contribution in [2.24, 2.45) is 5.73 Å². The summed E-state index contributed by atoms with van der Waals surface area (Å²) in [6, 6.07) is 8.07. The summed E-state index contributed by atoms with van der Waals surface area (Å²) in [4.78, 5) is 12.3. The van der Waals surface area contributed by atoms with Gasteiger partial charge in [0.25, 0.3) is 5.91 Å². The van der Waals surface area contributed by atoms with E-state index >= 15 is 0 Å². The molecule has 3 heteroatoms. The predicted octanol–water partition coefficient (Wildman–Crippen LogP) is 3.75. The smallest absolute Gasteiger partial charge is 0.251 e. The van der Waals surface area contributed by atoms with E-state index in [1.54, 1.807) is 0 Å². The molecule has 3 nitrogen and oxygen atoms in total. The van der Waals surface area contributed by atoms with Crippen molar-refractivity contribution in [3.8, 4) is 0 Å². The van der Waals surface area contributed by atoms with E-state index in [4.69, 9.17) is 5.73 Å². The highest BCUT2D eigenvalue weighted by Crippen LogP contribution is 2.27. The van der Waals surface area contributed by atoms with Crippen LogP contribution in [0.25, 0.3) is 0 Å². The van der Waals surface area contributed by atoms with Crippen LogP contribution in [-0.4, -0.2) is 11.4 Å². The second-order valence-corrected chi connectivity index (χ2v) is 7.37. The molecule has 0 fully saturated rings. The number of nitrogens with two attached hydrogens (primary N) is 1. The average Bonchev–Trinajstić information content (AvgIpc) is 2.37. The van der Waals surface area contributed by atoms with E-state index in [1.807, 2.05) is 31.2 Å². The summed E-state index contributed by atoms with van der Waals surface area (Å²) in [5.74, 6) is -0.00319. The third-order valence-electron chi connectivity index (χ3n) is 4.06. The Balaban J connectivity index is 2.09. The first-order chi connectivity index (χ1) is 9.67. The quantitative estimate of drug-likeness (QED) is 0.870. The molecule has 0 aliphatic heterocycles. The molecule has 0 saturated heterocycles. The van der Waals surface area contributed by atoms with Crippen molar-refractivity contribution in [1.29, 1.82) is 0 Å². The van der Waals surface area contributed by atoms with Crippen LogP contribution in [0.15, 0.2) is 35.9 Å². The molecule has 1 atom stereocenters. The van der Waals surface area contributed by atoms with E-state index in [0.717, 1.165) is 30.5 Å². The van der Waals surface area contributed by atoms with Gasteiger partial charge in [0.05, 0.1) is 0 Å². The normalized spacial score (nSPS) is 22.6. The highest BCUT2D eigenvalue weighted by Gasteiger charge is 2.24. The molecule has 1 unspecified atom stereocenters. The molecule has 1 aromatic carbocycles. The number of amides is 1. The summed E-state index contributed by atoms with van der Waals surface area (Å²) >= 11 is 0. The molecule has 0 aromatic heterocycles. The maximum Gasteiger partial charge on any atom is 0.251 e. The summed E-state index contributed by atoms with van der Waals surface area (Å²) < 4.78 is 0. The van der Waals surface area contributed by atoms with Crippen LogP contribution in [0, 0.1) is 0 Å². The number of carbonyl (C=O) groups excluding carboxylic acids is 1. The van der Waals surface area contributed by atoms with E-state index in [-0.39, 0.29) is 16.9 Å². The van der Waals surface area contributed by atoms with Gasteiger partial charge in [0.15, 0.2) is 0 Å². The Bertz CT molecular complexity index is 565. The lowest BCUT2D eigenvalue weighted by atomic mass is 9.84. The maximum atomic E-state index is 12.3. The Morgan fingerprint density at radius 1 is 1.33 bits per heavy atom. The lowest BCUT2D eigenvalue weighted by Gasteiger charge is -2.28. The maximum absolute atomic E-state index is 12.3. The van der Waals surface area contributed by atoms with Gasteiger partial charge in [-0.2, -0.15) is 0 Å². The van der Waals surface area contributed by atoms with E-state index in [1.165, 1.54) is 5.56 Å². The Morgan fingerprint density at radius 2 is 2.05 bits per heavy atom. The molecule has 1 aliphatic carbocycles. The van der Waals surface area contributed by atoms with Crippen molar-refractivity contribution in [2.45, 2.75) is 57.9 Å². The summed E-state index contributed by atoms with van der Waals surface area (Å²) in [6.07, 6.45) is 4.34. The highest BCUT2D eigenvalue weighted by molar-refractivity contribution is 6.03. The SMILES string of the molecule is CC1(N)CC=C(C(=O)Nc2cccc(C(C)(C)C)c2)CC1. The lowest BCUT2D eigenvalue weighted by molar-refractivity contribution is -0.113. The Hall–Kier alpha value is -1.61. The number of benzene rings is 1. The van der Waals surface area contributed by atoms with E-state index in [0.29, 0.717) is 0 Å². The molecule has 0 saturated carbocycles. The fourth-order valence-electron chi connectivity index (χ4n) is 2.46. The Kier molecular flexibility index (Phi) is 4.24. The fourth-order valence-corrected chi connectivity index (χ4v) is 2.46. The van der Waals surface area contributed by atoms with E-state index < -0.39 is 0 Å². The molecule has 114 valence electrons. The first kappa shape index (κ1) is 15.8. The Morgan fingerprint density at radius 3 is 2.62 bits per heavy atom. The molecule has 0 bridgehead atoms. The molecular weight excluding hydrogens is 260 g/mol. The van der Waals surface area contributed by atoms with Gasteiger partial charge in [-0.3, -0.25) is 4.79 Å². The van der Waals surface area contributed by atoms with Gasteiger partial charge in [0.2, 0.25) is 0 Å². The fraction of sp³-hybridized carbons (Fsp3) is 0.500. The minimum Gasteiger partial charge on any atom is -0.325 e. The minimum absolute atomic E-state index is 0.00319. The average molecular weight is 286 g/mol. The lowest BCUT2D eigenvalue weighted by Crippen LogP contribution is -2.38. The van der Waals surface area contributed by atoms with Gasteiger partial charge < -0.3 is 11.1 Å². The highest BCUT2D eigenvalue weighted by atomic mass is 16.1. The number of rotatable bonds is 2. The van der Waals surface area contributed by atoms with Crippen LogP contribution in [0.4, 0.5) is 5.69 Å². The molecule has 3 N–H and O–H groups in total. The molecule has 2 rings (SSSR count). The van der Waals surface area contributed by atoms with Gasteiger partial charge in [-0.05, 0) is 49.3 Å². The zero-order valence-corrected chi connectivity index (χ0v) is 13.5. The zero-order chi connectivity index (χ0) is 15.7. The first-order valence-electron chi connectivity index (χ1n) is 7.57. The standard InChI is InChI=1S/C18H26N2O/c1-17(2,3)14-6-5-7-15(12-14)20-16(21)13-8-10-18(4,19)11-9-13/h5-8,12H,9-11,19H2,1-4H3,(H,20,21). The molecule has 1 aromatic rings. The number of hydrogen-bond donors (Lipinski definition) is 2. The van der Waals surface area contributed by atoms with Crippen molar-refractivity contribution in [3.05, 3.63) is 41.5 Å². The third-order valence-corrected chi connectivity index (χ3v) is 4.06. The van der Waals surface area contributed by atoms with Gasteiger partial charge in [-0.15, -0.1) is 0 Å². The van der Waals surface area contributed by atoms with Crippen molar-refractivity contribution < 1.29 is 4.79 Å². The molecule has 1 aliphatic rings. The monoisotopic (exact) mass is 286 g/mol. The molecular formula is C18H26N2O. The summed E-state index contributed by atoms with van der Waals surface area (Å²) in [7, 11) is 0. The van der Waals surface area contributed by atoms with E-state index in [9.17, 15) is 4.79 Å². The molecule has 0 radical (unpaired) electrons. The molecule has 0 spiro atoms. The van der Waals surface area contributed by atoms with Crippen molar-refractivity contribution >= 4 is 11.6 Å².